The van der Waals surface area contributed by atoms with Crippen LogP contribution < -0.4 is 26.0 Å². The minimum Gasteiger partial charge on any atom is -0.476 e. The number of aromatic nitrogens is 1. The van der Waals surface area contributed by atoms with Crippen molar-refractivity contribution >= 4 is 17.5 Å². The van der Waals surface area contributed by atoms with Crippen LogP contribution in [0.15, 0.2) is 12.1 Å². The van der Waals surface area contributed by atoms with Gasteiger partial charge in [-0.15, -0.1) is 0 Å². The number of carbonyl (C=O) groups excluding carboxylic acids is 2. The molecule has 2 aliphatic heterocycles. The standard InChI is InChI=1S/C20H27F2N5O3/c21-20(22)11-27(12-20)15-5-4-14(25-18(15)30-9-13-2-3-13)17(29)26-19(8-16(23)28)6-1-7-24-10-19/h4-5,13,24H,1-3,6-12H2,(H2,23,28)(H,26,29). The van der Waals surface area contributed by atoms with Crippen LogP contribution in [-0.4, -0.2) is 61.0 Å². The maximum atomic E-state index is 13.3. The Hall–Kier alpha value is -2.49. The number of pyridine rings is 1. The number of hydrogen-bond acceptors (Lipinski definition) is 6. The molecule has 1 unspecified atom stereocenters. The maximum absolute atomic E-state index is 13.3. The fourth-order valence-corrected chi connectivity index (χ4v) is 3.98. The van der Waals surface area contributed by atoms with Crippen molar-refractivity contribution in [3.05, 3.63) is 17.8 Å². The molecule has 164 valence electrons. The molecule has 1 aromatic heterocycles. The van der Waals surface area contributed by atoms with Crippen LogP contribution in [0.5, 0.6) is 5.88 Å². The van der Waals surface area contributed by atoms with Gasteiger partial charge in [-0.2, -0.15) is 0 Å². The van der Waals surface area contributed by atoms with Gasteiger partial charge in [-0.3, -0.25) is 9.59 Å². The van der Waals surface area contributed by atoms with Crippen LogP contribution in [0.1, 0.15) is 42.6 Å². The number of alkyl halides is 2. The first-order chi connectivity index (χ1) is 14.3. The van der Waals surface area contributed by atoms with Crippen molar-refractivity contribution in [3.8, 4) is 5.88 Å². The van der Waals surface area contributed by atoms with Crippen LogP contribution in [0.2, 0.25) is 0 Å². The second-order valence-electron chi connectivity index (χ2n) is 8.65. The second-order valence-corrected chi connectivity index (χ2v) is 8.65. The molecule has 3 aliphatic rings. The fraction of sp³-hybridized carbons (Fsp3) is 0.650. The van der Waals surface area contributed by atoms with E-state index < -0.39 is 36.4 Å². The molecule has 0 radical (unpaired) electrons. The van der Waals surface area contributed by atoms with E-state index in [2.05, 4.69) is 15.6 Å². The van der Waals surface area contributed by atoms with Crippen molar-refractivity contribution in [1.82, 2.24) is 15.6 Å². The van der Waals surface area contributed by atoms with E-state index in [1.807, 2.05) is 0 Å². The minimum absolute atomic E-state index is 0.0255. The lowest BCUT2D eigenvalue weighted by molar-refractivity contribution is -0.119. The summed E-state index contributed by atoms with van der Waals surface area (Å²) < 4.78 is 32.5. The summed E-state index contributed by atoms with van der Waals surface area (Å²) in [6.07, 6.45) is 3.59. The highest BCUT2D eigenvalue weighted by atomic mass is 19.3. The van der Waals surface area contributed by atoms with Crippen LogP contribution >= 0.6 is 0 Å². The molecular formula is C20H27F2N5O3. The molecule has 8 nitrogen and oxygen atoms in total. The molecular weight excluding hydrogens is 396 g/mol. The Kier molecular flexibility index (Phi) is 5.52. The third-order valence-electron chi connectivity index (χ3n) is 5.77. The molecule has 0 spiro atoms. The summed E-state index contributed by atoms with van der Waals surface area (Å²) in [5.41, 5.74) is 5.21. The zero-order chi connectivity index (χ0) is 21.4. The topological polar surface area (TPSA) is 110 Å². The quantitative estimate of drug-likeness (QED) is 0.577. The monoisotopic (exact) mass is 423 g/mol. The van der Waals surface area contributed by atoms with Gasteiger partial charge in [-0.25, -0.2) is 13.8 Å². The van der Waals surface area contributed by atoms with Gasteiger partial charge >= 0.3 is 0 Å². The third kappa shape index (κ3) is 4.80. The van der Waals surface area contributed by atoms with Gasteiger partial charge in [0.1, 0.15) is 11.4 Å². The average Bonchev–Trinajstić information content (AvgIpc) is 3.48. The van der Waals surface area contributed by atoms with Crippen LogP contribution in [0.4, 0.5) is 14.5 Å². The highest BCUT2D eigenvalue weighted by molar-refractivity contribution is 5.94. The number of nitrogens with one attached hydrogen (secondary N) is 2. The lowest BCUT2D eigenvalue weighted by Gasteiger charge is -2.40. The van der Waals surface area contributed by atoms with Crippen molar-refractivity contribution in [2.45, 2.75) is 43.6 Å². The molecule has 3 heterocycles. The number of primary amides is 1. The van der Waals surface area contributed by atoms with Gasteiger partial charge in [0.25, 0.3) is 11.8 Å². The highest BCUT2D eigenvalue weighted by Crippen LogP contribution is 2.38. The molecule has 1 aromatic rings. The predicted molar refractivity (Wildman–Crippen MR) is 106 cm³/mol. The number of anilines is 1. The molecule has 4 rings (SSSR count). The molecule has 1 atom stereocenters. The number of rotatable bonds is 8. The molecule has 10 heteroatoms. The summed E-state index contributed by atoms with van der Waals surface area (Å²) >= 11 is 0. The Balaban J connectivity index is 1.52. The Bertz CT molecular complexity index is 817. The Morgan fingerprint density at radius 2 is 2.10 bits per heavy atom. The van der Waals surface area contributed by atoms with E-state index in [-0.39, 0.29) is 18.0 Å². The number of halogens is 2. The lowest BCUT2D eigenvalue weighted by atomic mass is 9.86. The summed E-state index contributed by atoms with van der Waals surface area (Å²) in [6.45, 7) is 0.905. The number of carbonyl (C=O) groups is 2. The molecule has 4 N–H and O–H groups in total. The fourth-order valence-electron chi connectivity index (χ4n) is 3.98. The number of hydrogen-bond donors (Lipinski definition) is 3. The average molecular weight is 423 g/mol. The Labute approximate surface area is 173 Å². The van der Waals surface area contributed by atoms with Gasteiger partial charge in [-0.1, -0.05) is 0 Å². The number of amides is 2. The van der Waals surface area contributed by atoms with E-state index in [4.69, 9.17) is 10.5 Å². The zero-order valence-electron chi connectivity index (χ0n) is 16.8. The molecule has 0 aromatic carbocycles. The van der Waals surface area contributed by atoms with Gasteiger partial charge in [-0.05, 0) is 50.3 Å². The first-order valence-corrected chi connectivity index (χ1v) is 10.3. The SMILES string of the molecule is NC(=O)CC1(NC(=O)c2ccc(N3CC(F)(F)C3)c(OCC3CC3)n2)CCCNC1. The van der Waals surface area contributed by atoms with Gasteiger partial charge in [0, 0.05) is 6.54 Å². The van der Waals surface area contributed by atoms with Crippen molar-refractivity contribution < 1.29 is 23.1 Å². The van der Waals surface area contributed by atoms with Gasteiger partial charge in [0.2, 0.25) is 11.8 Å². The van der Waals surface area contributed by atoms with Crippen molar-refractivity contribution in [3.63, 3.8) is 0 Å². The minimum atomic E-state index is -2.72. The first-order valence-electron chi connectivity index (χ1n) is 10.3. The molecule has 30 heavy (non-hydrogen) atoms. The maximum Gasteiger partial charge on any atom is 0.282 e. The number of nitrogens with two attached hydrogens (primary N) is 1. The first kappa shape index (κ1) is 20.8. The van der Waals surface area contributed by atoms with Gasteiger partial charge in [0.05, 0.1) is 31.7 Å². The van der Waals surface area contributed by atoms with Crippen LogP contribution in [0, 0.1) is 5.92 Å². The lowest BCUT2D eigenvalue weighted by Crippen LogP contribution is -2.59. The van der Waals surface area contributed by atoms with E-state index in [0.29, 0.717) is 31.2 Å². The van der Waals surface area contributed by atoms with E-state index in [0.717, 1.165) is 25.8 Å². The Morgan fingerprint density at radius 1 is 1.33 bits per heavy atom. The van der Waals surface area contributed by atoms with E-state index in [1.54, 1.807) is 6.07 Å². The van der Waals surface area contributed by atoms with Crippen LogP contribution in [-0.2, 0) is 4.79 Å². The number of nitrogens with zero attached hydrogens (tertiary/aromatic N) is 2. The van der Waals surface area contributed by atoms with Crippen molar-refractivity contribution in [1.29, 1.82) is 0 Å². The summed E-state index contributed by atoms with van der Waals surface area (Å²) in [5, 5.41) is 6.11. The van der Waals surface area contributed by atoms with Crippen LogP contribution in [0.25, 0.3) is 0 Å². The van der Waals surface area contributed by atoms with Gasteiger partial charge < -0.3 is 26.0 Å². The molecule has 2 amide bonds. The number of piperidine rings is 1. The number of ether oxygens (including phenoxy) is 1. The Morgan fingerprint density at radius 3 is 2.70 bits per heavy atom. The predicted octanol–water partition coefficient (Wildman–Crippen LogP) is 1.05. The van der Waals surface area contributed by atoms with E-state index in [1.165, 1.54) is 11.0 Å². The smallest absolute Gasteiger partial charge is 0.282 e. The molecule has 2 saturated heterocycles. The molecule has 1 saturated carbocycles. The van der Waals surface area contributed by atoms with Crippen LogP contribution in [0.3, 0.4) is 0 Å². The normalized spacial score (nSPS) is 25.3. The van der Waals surface area contributed by atoms with Crippen molar-refractivity contribution in [2.24, 2.45) is 11.7 Å². The largest absolute Gasteiger partial charge is 0.476 e. The summed E-state index contributed by atoms with van der Waals surface area (Å²) in [5.74, 6) is -3.03. The zero-order valence-corrected chi connectivity index (χ0v) is 16.8. The summed E-state index contributed by atoms with van der Waals surface area (Å²) in [6, 6.07) is 3.10. The summed E-state index contributed by atoms with van der Waals surface area (Å²) in [7, 11) is 0. The molecule has 3 fully saturated rings. The molecule has 0 bridgehead atoms. The van der Waals surface area contributed by atoms with E-state index in [9.17, 15) is 18.4 Å². The third-order valence-corrected chi connectivity index (χ3v) is 5.77. The highest BCUT2D eigenvalue weighted by Gasteiger charge is 2.45. The van der Waals surface area contributed by atoms with E-state index >= 15 is 0 Å². The van der Waals surface area contributed by atoms with Crippen molar-refractivity contribution in [2.75, 3.05) is 37.7 Å². The van der Waals surface area contributed by atoms with Gasteiger partial charge in [0.15, 0.2) is 0 Å². The summed E-state index contributed by atoms with van der Waals surface area (Å²) in [4.78, 5) is 30.3. The second kappa shape index (κ2) is 7.98. The molecule has 1 aliphatic carbocycles.